The molecule has 4 nitrogen and oxygen atoms in total. The summed E-state index contributed by atoms with van der Waals surface area (Å²) >= 11 is 0. The van der Waals surface area contributed by atoms with Crippen molar-refractivity contribution in [2.24, 2.45) is 0 Å². The van der Waals surface area contributed by atoms with Crippen molar-refractivity contribution < 1.29 is 14.3 Å². The monoisotopic (exact) mass is 353 g/mol. The van der Waals surface area contributed by atoms with Crippen molar-refractivity contribution >= 4 is 11.9 Å². The van der Waals surface area contributed by atoms with Gasteiger partial charge in [-0.1, -0.05) is 63.2 Å². The smallest absolute Gasteiger partial charge is 0.307 e. The Morgan fingerprint density at radius 2 is 1.62 bits per heavy atom. The van der Waals surface area contributed by atoms with Gasteiger partial charge in [-0.2, -0.15) is 0 Å². The van der Waals surface area contributed by atoms with E-state index in [0.29, 0.717) is 12.0 Å². The molecule has 1 atom stereocenters. The van der Waals surface area contributed by atoms with Gasteiger partial charge in [0.05, 0.1) is 13.5 Å². The molecule has 0 saturated heterocycles. The van der Waals surface area contributed by atoms with Crippen LogP contribution in [0, 0.1) is 0 Å². The van der Waals surface area contributed by atoms with E-state index in [2.05, 4.69) is 26.1 Å². The van der Waals surface area contributed by atoms with E-state index < -0.39 is 0 Å². The molecule has 0 saturated carbocycles. The van der Waals surface area contributed by atoms with Crippen LogP contribution in [0.2, 0.25) is 0 Å². The van der Waals surface area contributed by atoms with Crippen LogP contribution < -0.4 is 5.32 Å². The SMILES string of the molecule is COC(=O)C[C@H](Cc1ccccc1)NC(=O)c1ccc(C(C)(C)C)cc1. The van der Waals surface area contributed by atoms with Crippen molar-refractivity contribution in [1.82, 2.24) is 5.32 Å². The molecular weight excluding hydrogens is 326 g/mol. The second kappa shape index (κ2) is 8.65. The number of hydrogen-bond donors (Lipinski definition) is 1. The molecule has 138 valence electrons. The fourth-order valence-corrected chi connectivity index (χ4v) is 2.75. The Hall–Kier alpha value is -2.62. The number of methoxy groups -OCH3 is 1. The molecular formula is C22H27NO3. The summed E-state index contributed by atoms with van der Waals surface area (Å²) in [5, 5.41) is 2.97. The lowest BCUT2D eigenvalue weighted by Crippen LogP contribution is -2.38. The number of hydrogen-bond acceptors (Lipinski definition) is 3. The lowest BCUT2D eigenvalue weighted by Gasteiger charge is -2.20. The second-order valence-electron chi connectivity index (χ2n) is 7.47. The summed E-state index contributed by atoms with van der Waals surface area (Å²) in [4.78, 5) is 24.3. The molecule has 26 heavy (non-hydrogen) atoms. The molecule has 0 aliphatic heterocycles. The minimum atomic E-state index is -0.339. The van der Waals surface area contributed by atoms with E-state index in [1.54, 1.807) is 0 Å². The average molecular weight is 353 g/mol. The number of amides is 1. The number of carbonyl (C=O) groups excluding carboxylic acids is 2. The molecule has 0 aromatic heterocycles. The number of nitrogens with one attached hydrogen (secondary N) is 1. The third-order valence-electron chi connectivity index (χ3n) is 4.31. The van der Waals surface area contributed by atoms with Crippen LogP contribution in [-0.2, 0) is 21.4 Å². The minimum Gasteiger partial charge on any atom is -0.469 e. The maximum atomic E-state index is 12.6. The van der Waals surface area contributed by atoms with Crippen LogP contribution in [0.5, 0.6) is 0 Å². The molecule has 0 radical (unpaired) electrons. The molecule has 0 spiro atoms. The topological polar surface area (TPSA) is 55.4 Å². The van der Waals surface area contributed by atoms with Gasteiger partial charge in [0.25, 0.3) is 5.91 Å². The van der Waals surface area contributed by atoms with Gasteiger partial charge in [-0.3, -0.25) is 9.59 Å². The van der Waals surface area contributed by atoms with Gasteiger partial charge in [-0.25, -0.2) is 0 Å². The fraction of sp³-hybridized carbons (Fsp3) is 0.364. The summed E-state index contributed by atoms with van der Waals surface area (Å²) in [7, 11) is 1.36. The highest BCUT2D eigenvalue weighted by Gasteiger charge is 2.19. The summed E-state index contributed by atoms with van der Waals surface area (Å²) in [6.07, 6.45) is 0.707. The lowest BCUT2D eigenvalue weighted by atomic mass is 9.86. The molecule has 2 rings (SSSR count). The number of carbonyl (C=O) groups is 2. The highest BCUT2D eigenvalue weighted by atomic mass is 16.5. The van der Waals surface area contributed by atoms with E-state index in [4.69, 9.17) is 4.74 Å². The molecule has 0 aliphatic carbocycles. The molecule has 0 heterocycles. The van der Waals surface area contributed by atoms with Gasteiger partial charge in [0.1, 0.15) is 0 Å². The normalized spacial score (nSPS) is 12.3. The first-order valence-electron chi connectivity index (χ1n) is 8.81. The van der Waals surface area contributed by atoms with Crippen LogP contribution in [0.1, 0.15) is 48.7 Å². The lowest BCUT2D eigenvalue weighted by molar-refractivity contribution is -0.141. The predicted octanol–water partition coefficient (Wildman–Crippen LogP) is 3.89. The number of ether oxygens (including phenoxy) is 1. The maximum Gasteiger partial charge on any atom is 0.307 e. The second-order valence-corrected chi connectivity index (χ2v) is 7.47. The predicted molar refractivity (Wildman–Crippen MR) is 103 cm³/mol. The van der Waals surface area contributed by atoms with Crippen molar-refractivity contribution in [2.75, 3.05) is 7.11 Å². The highest BCUT2D eigenvalue weighted by Crippen LogP contribution is 2.22. The first-order chi connectivity index (χ1) is 12.3. The molecule has 2 aromatic rings. The molecule has 0 unspecified atom stereocenters. The first-order valence-corrected chi connectivity index (χ1v) is 8.81. The summed E-state index contributed by atoms with van der Waals surface area (Å²) < 4.78 is 4.77. The van der Waals surface area contributed by atoms with Crippen LogP contribution in [0.4, 0.5) is 0 Å². The molecule has 0 bridgehead atoms. The standard InChI is InChI=1S/C22H27NO3/c1-22(2,3)18-12-10-17(11-13-18)21(25)23-19(15-20(24)26-4)14-16-8-6-5-7-9-16/h5-13,19H,14-15H2,1-4H3,(H,23,25)/t19-/m0/s1. The van der Waals surface area contributed by atoms with Crippen molar-refractivity contribution in [2.45, 2.75) is 45.1 Å². The Morgan fingerprint density at radius 3 is 2.15 bits per heavy atom. The number of esters is 1. The van der Waals surface area contributed by atoms with E-state index in [0.717, 1.165) is 5.56 Å². The van der Waals surface area contributed by atoms with Gasteiger partial charge < -0.3 is 10.1 Å². The molecule has 0 fully saturated rings. The van der Waals surface area contributed by atoms with Gasteiger partial charge >= 0.3 is 5.97 Å². The van der Waals surface area contributed by atoms with E-state index in [1.165, 1.54) is 12.7 Å². The van der Waals surface area contributed by atoms with Gasteiger partial charge in [-0.15, -0.1) is 0 Å². The van der Waals surface area contributed by atoms with Crippen LogP contribution in [-0.4, -0.2) is 25.0 Å². The van der Waals surface area contributed by atoms with E-state index in [-0.39, 0.29) is 29.8 Å². The van der Waals surface area contributed by atoms with Gasteiger partial charge in [-0.05, 0) is 35.1 Å². The van der Waals surface area contributed by atoms with Crippen molar-refractivity contribution in [3.8, 4) is 0 Å². The fourth-order valence-electron chi connectivity index (χ4n) is 2.75. The van der Waals surface area contributed by atoms with Gasteiger partial charge in [0.2, 0.25) is 0 Å². The Kier molecular flexibility index (Phi) is 6.56. The zero-order chi connectivity index (χ0) is 19.2. The Balaban J connectivity index is 2.10. The van der Waals surface area contributed by atoms with E-state index >= 15 is 0 Å². The number of rotatable bonds is 6. The molecule has 1 N–H and O–H groups in total. The van der Waals surface area contributed by atoms with Crippen LogP contribution in [0.25, 0.3) is 0 Å². The van der Waals surface area contributed by atoms with E-state index in [1.807, 2.05) is 54.6 Å². The van der Waals surface area contributed by atoms with Crippen LogP contribution in [0.15, 0.2) is 54.6 Å². The quantitative estimate of drug-likeness (QED) is 0.802. The zero-order valence-corrected chi connectivity index (χ0v) is 15.9. The van der Waals surface area contributed by atoms with Crippen molar-refractivity contribution in [3.05, 3.63) is 71.3 Å². The summed E-state index contributed by atoms with van der Waals surface area (Å²) in [5.41, 5.74) is 2.85. The molecule has 4 heteroatoms. The highest BCUT2D eigenvalue weighted by molar-refractivity contribution is 5.94. The van der Waals surface area contributed by atoms with Crippen molar-refractivity contribution in [3.63, 3.8) is 0 Å². The number of benzene rings is 2. The Bertz CT molecular complexity index is 730. The third-order valence-corrected chi connectivity index (χ3v) is 4.31. The molecule has 2 aromatic carbocycles. The summed E-state index contributed by atoms with van der Waals surface area (Å²) in [5.74, 6) is -0.524. The third kappa shape index (κ3) is 5.73. The van der Waals surface area contributed by atoms with Gasteiger partial charge in [0, 0.05) is 11.6 Å². The Morgan fingerprint density at radius 1 is 1.00 bits per heavy atom. The van der Waals surface area contributed by atoms with Crippen molar-refractivity contribution in [1.29, 1.82) is 0 Å². The largest absolute Gasteiger partial charge is 0.469 e. The molecule has 0 aliphatic rings. The first kappa shape index (κ1) is 19.7. The maximum absolute atomic E-state index is 12.6. The van der Waals surface area contributed by atoms with Crippen LogP contribution in [0.3, 0.4) is 0 Å². The minimum absolute atomic E-state index is 0.0374. The van der Waals surface area contributed by atoms with Gasteiger partial charge in [0.15, 0.2) is 0 Å². The zero-order valence-electron chi connectivity index (χ0n) is 15.9. The summed E-state index contributed by atoms with van der Waals surface area (Å²) in [6, 6.07) is 17.1. The van der Waals surface area contributed by atoms with E-state index in [9.17, 15) is 9.59 Å². The molecule has 1 amide bonds. The average Bonchev–Trinajstić information content (AvgIpc) is 2.61. The van der Waals surface area contributed by atoms with Crippen LogP contribution >= 0.6 is 0 Å². The Labute approximate surface area is 155 Å². The summed E-state index contributed by atoms with van der Waals surface area (Å²) in [6.45, 7) is 6.40.